The molecule has 3 aliphatic heterocycles. The van der Waals surface area contributed by atoms with Crippen molar-refractivity contribution in [2.75, 3.05) is 26.5 Å². The van der Waals surface area contributed by atoms with Crippen molar-refractivity contribution < 1.29 is 28.6 Å². The highest BCUT2D eigenvalue weighted by Crippen LogP contribution is 2.41. The predicted molar refractivity (Wildman–Crippen MR) is 127 cm³/mol. The van der Waals surface area contributed by atoms with E-state index in [0.29, 0.717) is 36.8 Å². The van der Waals surface area contributed by atoms with Crippen LogP contribution < -0.4 is 9.47 Å². The molecule has 0 aliphatic carbocycles. The number of fused-ring (bicyclic) bond motifs is 1. The summed E-state index contributed by atoms with van der Waals surface area (Å²) in [4.78, 5) is 43.7. The molecule has 0 bridgehead atoms. The van der Waals surface area contributed by atoms with Crippen LogP contribution in [-0.4, -0.2) is 60.1 Å². The Kier molecular flexibility index (Phi) is 6.47. The first-order valence-corrected chi connectivity index (χ1v) is 12.2. The number of ether oxygens (including phenoxy) is 3. The molecule has 0 radical (unpaired) electrons. The van der Waals surface area contributed by atoms with Crippen molar-refractivity contribution in [2.24, 2.45) is 0 Å². The minimum Gasteiger partial charge on any atom is -0.454 e. The van der Waals surface area contributed by atoms with Crippen LogP contribution >= 0.6 is 0 Å². The third kappa shape index (κ3) is 4.50. The molecule has 5 rings (SSSR count). The zero-order chi connectivity index (χ0) is 24.4. The number of amides is 3. The summed E-state index contributed by atoms with van der Waals surface area (Å²) in [5, 5.41) is 0. The van der Waals surface area contributed by atoms with Gasteiger partial charge in [-0.1, -0.05) is 36.4 Å². The average molecular weight is 479 g/mol. The van der Waals surface area contributed by atoms with Crippen molar-refractivity contribution in [2.45, 2.75) is 50.7 Å². The second kappa shape index (κ2) is 9.70. The van der Waals surface area contributed by atoms with Gasteiger partial charge in [-0.3, -0.25) is 19.3 Å². The van der Waals surface area contributed by atoms with Crippen molar-refractivity contribution in [1.82, 2.24) is 9.80 Å². The zero-order valence-corrected chi connectivity index (χ0v) is 19.9. The Morgan fingerprint density at radius 2 is 1.91 bits per heavy atom. The van der Waals surface area contributed by atoms with E-state index in [1.807, 2.05) is 43.3 Å². The van der Waals surface area contributed by atoms with Gasteiger partial charge in [0.1, 0.15) is 0 Å². The van der Waals surface area contributed by atoms with Crippen LogP contribution in [0, 0.1) is 0 Å². The molecule has 2 saturated heterocycles. The number of likely N-dealkylation sites (tertiary alicyclic amines) is 1. The fraction of sp³-hybridized carbons (Fsp3) is 0.444. The van der Waals surface area contributed by atoms with Gasteiger partial charge >= 0.3 is 0 Å². The lowest BCUT2D eigenvalue weighted by Gasteiger charge is -2.31. The van der Waals surface area contributed by atoms with Gasteiger partial charge in [-0.15, -0.1) is 0 Å². The Balaban J connectivity index is 1.41. The number of benzene rings is 2. The van der Waals surface area contributed by atoms with E-state index in [0.717, 1.165) is 18.4 Å². The summed E-state index contributed by atoms with van der Waals surface area (Å²) in [6.07, 6.45) is 1.85. The van der Waals surface area contributed by atoms with Crippen molar-refractivity contribution in [3.05, 3.63) is 59.7 Å². The van der Waals surface area contributed by atoms with Crippen LogP contribution in [0.3, 0.4) is 0 Å². The summed E-state index contributed by atoms with van der Waals surface area (Å²) in [6.45, 7) is 3.93. The predicted octanol–water partition coefficient (Wildman–Crippen LogP) is 3.03. The van der Waals surface area contributed by atoms with E-state index in [2.05, 4.69) is 0 Å². The number of imide groups is 1. The number of nitrogens with zero attached hydrogens (tertiary/aromatic N) is 2. The monoisotopic (exact) mass is 478 g/mol. The Morgan fingerprint density at radius 3 is 2.66 bits per heavy atom. The molecule has 8 nitrogen and oxygen atoms in total. The van der Waals surface area contributed by atoms with Gasteiger partial charge in [0.05, 0.1) is 18.1 Å². The molecule has 0 unspecified atom stereocenters. The first kappa shape index (κ1) is 23.4. The zero-order valence-electron chi connectivity index (χ0n) is 19.9. The van der Waals surface area contributed by atoms with Gasteiger partial charge in [0.25, 0.3) is 0 Å². The number of carbonyl (C=O) groups is 3. The van der Waals surface area contributed by atoms with Gasteiger partial charge in [-0.05, 0) is 43.0 Å². The van der Waals surface area contributed by atoms with Crippen LogP contribution in [0.4, 0.5) is 0 Å². The van der Waals surface area contributed by atoms with Crippen LogP contribution in [0.1, 0.15) is 43.7 Å². The topological polar surface area (TPSA) is 85.4 Å². The second-order valence-electron chi connectivity index (χ2n) is 9.34. The van der Waals surface area contributed by atoms with Gasteiger partial charge in [-0.25, -0.2) is 0 Å². The number of hydrogen-bond acceptors (Lipinski definition) is 6. The van der Waals surface area contributed by atoms with Gasteiger partial charge in [0.2, 0.25) is 24.5 Å². The lowest BCUT2D eigenvalue weighted by molar-refractivity contribution is -0.143. The van der Waals surface area contributed by atoms with Crippen molar-refractivity contribution in [3.63, 3.8) is 0 Å². The Labute approximate surface area is 204 Å². The van der Waals surface area contributed by atoms with Crippen molar-refractivity contribution in [1.29, 1.82) is 0 Å². The van der Waals surface area contributed by atoms with Crippen molar-refractivity contribution >= 4 is 17.7 Å². The SMILES string of the molecule is CCN(C[C@@H]1CCCO1)C(=O)C[C@@]1(c2ccccc2)CC(=O)N(Cc2ccc3c(c2)OCO3)C1=O. The molecular formula is C27H30N2O6. The average Bonchev–Trinajstić information content (AvgIpc) is 3.61. The van der Waals surface area contributed by atoms with Crippen molar-refractivity contribution in [3.8, 4) is 11.5 Å². The summed E-state index contributed by atoms with van der Waals surface area (Å²) in [5.74, 6) is 0.471. The standard InChI is InChI=1S/C27H30N2O6/c1-2-28(17-21-9-6-12-33-21)24(30)14-27(20-7-4-3-5-8-20)15-25(31)29(26(27)32)16-19-10-11-22-23(13-19)35-18-34-22/h3-5,7-8,10-11,13,21H,2,6,9,12,14-18H2,1H3/t21-,27-/m0/s1. The molecule has 3 heterocycles. The molecule has 0 spiro atoms. The maximum absolute atomic E-state index is 13.9. The Bertz CT molecular complexity index is 1110. The van der Waals surface area contributed by atoms with Crippen LogP contribution in [0.2, 0.25) is 0 Å². The number of carbonyl (C=O) groups excluding carboxylic acids is 3. The third-order valence-corrected chi connectivity index (χ3v) is 7.15. The van der Waals surface area contributed by atoms with E-state index in [1.165, 1.54) is 4.90 Å². The molecule has 8 heteroatoms. The van der Waals surface area contributed by atoms with Crippen LogP contribution in [0.5, 0.6) is 11.5 Å². The highest BCUT2D eigenvalue weighted by Gasteiger charge is 2.54. The summed E-state index contributed by atoms with van der Waals surface area (Å²) in [5.41, 5.74) is 0.225. The molecule has 2 atom stereocenters. The van der Waals surface area contributed by atoms with E-state index in [-0.39, 0.29) is 50.0 Å². The Hall–Kier alpha value is -3.39. The lowest BCUT2D eigenvalue weighted by Crippen LogP contribution is -2.45. The van der Waals surface area contributed by atoms with Gasteiger partial charge in [0, 0.05) is 32.5 Å². The fourth-order valence-electron chi connectivity index (χ4n) is 5.22. The minimum absolute atomic E-state index is 0.0231. The molecule has 3 amide bonds. The molecule has 0 N–H and O–H groups in total. The minimum atomic E-state index is -1.23. The normalized spacial score (nSPS) is 23.2. The third-order valence-electron chi connectivity index (χ3n) is 7.15. The molecule has 0 aromatic heterocycles. The lowest BCUT2D eigenvalue weighted by atomic mass is 9.75. The Morgan fingerprint density at radius 1 is 1.11 bits per heavy atom. The largest absolute Gasteiger partial charge is 0.454 e. The van der Waals surface area contributed by atoms with E-state index >= 15 is 0 Å². The number of rotatable bonds is 8. The highest BCUT2D eigenvalue weighted by atomic mass is 16.7. The van der Waals surface area contributed by atoms with E-state index in [4.69, 9.17) is 14.2 Å². The van der Waals surface area contributed by atoms with Crippen LogP contribution in [0.25, 0.3) is 0 Å². The maximum atomic E-state index is 13.9. The van der Waals surface area contributed by atoms with Gasteiger partial charge in [0.15, 0.2) is 11.5 Å². The molecule has 2 aromatic rings. The highest BCUT2D eigenvalue weighted by molar-refractivity contribution is 6.10. The number of hydrogen-bond donors (Lipinski definition) is 0. The molecule has 184 valence electrons. The summed E-state index contributed by atoms with van der Waals surface area (Å²) in [6, 6.07) is 14.6. The van der Waals surface area contributed by atoms with Gasteiger partial charge < -0.3 is 19.1 Å². The number of likely N-dealkylation sites (N-methyl/N-ethyl adjacent to an activating group) is 1. The summed E-state index contributed by atoms with van der Waals surface area (Å²) >= 11 is 0. The van der Waals surface area contributed by atoms with E-state index < -0.39 is 5.41 Å². The summed E-state index contributed by atoms with van der Waals surface area (Å²) in [7, 11) is 0. The van der Waals surface area contributed by atoms with Crippen LogP contribution in [-0.2, 0) is 31.1 Å². The van der Waals surface area contributed by atoms with E-state index in [1.54, 1.807) is 17.0 Å². The quantitative estimate of drug-likeness (QED) is 0.543. The van der Waals surface area contributed by atoms with E-state index in [9.17, 15) is 14.4 Å². The second-order valence-corrected chi connectivity index (χ2v) is 9.34. The molecule has 3 aliphatic rings. The molecule has 2 aromatic carbocycles. The molecule has 35 heavy (non-hydrogen) atoms. The summed E-state index contributed by atoms with van der Waals surface area (Å²) < 4.78 is 16.5. The first-order chi connectivity index (χ1) is 17.0. The smallest absolute Gasteiger partial charge is 0.241 e. The molecular weight excluding hydrogens is 448 g/mol. The molecule has 2 fully saturated rings. The van der Waals surface area contributed by atoms with Crippen LogP contribution in [0.15, 0.2) is 48.5 Å². The first-order valence-electron chi connectivity index (χ1n) is 12.2. The van der Waals surface area contributed by atoms with Gasteiger partial charge in [-0.2, -0.15) is 0 Å². The fourth-order valence-corrected chi connectivity index (χ4v) is 5.22. The maximum Gasteiger partial charge on any atom is 0.241 e. The molecule has 0 saturated carbocycles.